The largest absolute Gasteiger partial charge is 0.325 e. The molecule has 23 heavy (non-hydrogen) atoms. The van der Waals surface area contributed by atoms with E-state index in [1.54, 1.807) is 24.3 Å². The van der Waals surface area contributed by atoms with Gasteiger partial charge in [-0.25, -0.2) is 8.42 Å². The number of likely N-dealkylation sites (N-methyl/N-ethyl adjacent to an activating group) is 1. The predicted octanol–water partition coefficient (Wildman–Crippen LogP) is 2.51. The van der Waals surface area contributed by atoms with Crippen LogP contribution in [0.3, 0.4) is 0 Å². The molecule has 2 N–H and O–H groups in total. The van der Waals surface area contributed by atoms with Gasteiger partial charge < -0.3 is 5.32 Å². The molecular weight excluding hydrogens is 314 g/mol. The van der Waals surface area contributed by atoms with Crippen LogP contribution in [0, 0.1) is 0 Å². The van der Waals surface area contributed by atoms with Gasteiger partial charge in [0.2, 0.25) is 15.9 Å². The highest BCUT2D eigenvalue weighted by Crippen LogP contribution is 2.14. The Labute approximate surface area is 139 Å². The molecule has 130 valence electrons. The Morgan fingerprint density at radius 1 is 1.09 bits per heavy atom. The van der Waals surface area contributed by atoms with E-state index in [0.717, 1.165) is 19.2 Å². The summed E-state index contributed by atoms with van der Waals surface area (Å²) in [7, 11) is -1.35. The molecule has 0 aliphatic rings. The topological polar surface area (TPSA) is 78.5 Å². The van der Waals surface area contributed by atoms with Crippen LogP contribution < -0.4 is 10.0 Å². The second kappa shape index (κ2) is 9.52. The van der Waals surface area contributed by atoms with Crippen LogP contribution >= 0.6 is 0 Å². The van der Waals surface area contributed by atoms with Crippen LogP contribution in [0.4, 0.5) is 11.4 Å². The van der Waals surface area contributed by atoms with Crippen LogP contribution in [-0.2, 0) is 14.8 Å². The first-order valence-electron chi connectivity index (χ1n) is 7.86. The van der Waals surface area contributed by atoms with E-state index in [1.807, 2.05) is 11.9 Å². The van der Waals surface area contributed by atoms with Crippen molar-refractivity contribution in [1.82, 2.24) is 4.90 Å². The number of carbonyl (C=O) groups is 1. The number of rotatable bonds is 10. The quantitative estimate of drug-likeness (QED) is 0.641. The predicted molar refractivity (Wildman–Crippen MR) is 95.2 cm³/mol. The average Bonchev–Trinajstić information content (AvgIpc) is 2.44. The number of hydrogen-bond donors (Lipinski definition) is 2. The third-order valence-corrected chi connectivity index (χ3v) is 3.89. The summed E-state index contributed by atoms with van der Waals surface area (Å²) in [6, 6.07) is 6.58. The highest BCUT2D eigenvalue weighted by atomic mass is 32.2. The minimum atomic E-state index is -3.29. The van der Waals surface area contributed by atoms with Gasteiger partial charge in [0.25, 0.3) is 0 Å². The number of benzene rings is 1. The SMILES string of the molecule is CCCCCCN(C)CC(=O)Nc1ccc(NS(C)(=O)=O)cc1. The first-order valence-corrected chi connectivity index (χ1v) is 9.75. The fourth-order valence-electron chi connectivity index (χ4n) is 2.17. The molecule has 0 bridgehead atoms. The van der Waals surface area contributed by atoms with Gasteiger partial charge in [-0.05, 0) is 44.3 Å². The van der Waals surface area contributed by atoms with E-state index in [1.165, 1.54) is 19.3 Å². The molecule has 0 heterocycles. The summed E-state index contributed by atoms with van der Waals surface area (Å²) < 4.78 is 24.6. The summed E-state index contributed by atoms with van der Waals surface area (Å²) in [5.74, 6) is -0.0770. The van der Waals surface area contributed by atoms with Crippen LogP contribution in [0.15, 0.2) is 24.3 Å². The van der Waals surface area contributed by atoms with Gasteiger partial charge >= 0.3 is 0 Å². The summed E-state index contributed by atoms with van der Waals surface area (Å²) in [6.07, 6.45) is 5.82. The standard InChI is InChI=1S/C16H27N3O3S/c1-4-5-6-7-12-19(2)13-16(20)17-14-8-10-15(11-9-14)18-23(3,21)22/h8-11,18H,4-7,12-13H2,1-3H3,(H,17,20). The molecule has 1 aromatic rings. The lowest BCUT2D eigenvalue weighted by Gasteiger charge is -2.16. The Kier molecular flexibility index (Phi) is 8.05. The highest BCUT2D eigenvalue weighted by Gasteiger charge is 2.07. The molecule has 0 radical (unpaired) electrons. The molecule has 0 saturated heterocycles. The van der Waals surface area contributed by atoms with Gasteiger partial charge in [0.1, 0.15) is 0 Å². The normalized spacial score (nSPS) is 11.5. The molecule has 0 aliphatic carbocycles. The molecule has 1 aromatic carbocycles. The lowest BCUT2D eigenvalue weighted by atomic mass is 10.2. The maximum absolute atomic E-state index is 12.0. The van der Waals surface area contributed by atoms with E-state index < -0.39 is 10.0 Å². The van der Waals surface area contributed by atoms with Crippen LogP contribution in [0.25, 0.3) is 0 Å². The maximum atomic E-state index is 12.0. The van der Waals surface area contributed by atoms with Gasteiger partial charge in [0, 0.05) is 11.4 Å². The second-order valence-corrected chi connectivity index (χ2v) is 7.55. The zero-order chi connectivity index (χ0) is 17.3. The molecule has 7 heteroatoms. The Hall–Kier alpha value is -1.60. The summed E-state index contributed by atoms with van der Waals surface area (Å²) in [5, 5.41) is 2.81. The lowest BCUT2D eigenvalue weighted by molar-refractivity contribution is -0.117. The van der Waals surface area contributed by atoms with E-state index in [0.29, 0.717) is 17.9 Å². The molecule has 0 saturated carbocycles. The molecule has 0 spiro atoms. The van der Waals surface area contributed by atoms with E-state index in [-0.39, 0.29) is 5.91 Å². The number of sulfonamides is 1. The minimum Gasteiger partial charge on any atom is -0.325 e. The van der Waals surface area contributed by atoms with Gasteiger partial charge in [-0.15, -0.1) is 0 Å². The smallest absolute Gasteiger partial charge is 0.238 e. The zero-order valence-electron chi connectivity index (χ0n) is 14.1. The zero-order valence-corrected chi connectivity index (χ0v) is 14.9. The molecule has 0 unspecified atom stereocenters. The van der Waals surface area contributed by atoms with Crippen molar-refractivity contribution in [1.29, 1.82) is 0 Å². The van der Waals surface area contributed by atoms with Crippen molar-refractivity contribution in [3.05, 3.63) is 24.3 Å². The van der Waals surface area contributed by atoms with Crippen molar-refractivity contribution < 1.29 is 13.2 Å². The van der Waals surface area contributed by atoms with Crippen molar-refractivity contribution in [3.8, 4) is 0 Å². The molecule has 1 amide bonds. The maximum Gasteiger partial charge on any atom is 0.238 e. The van der Waals surface area contributed by atoms with Crippen molar-refractivity contribution >= 4 is 27.3 Å². The van der Waals surface area contributed by atoms with Crippen LogP contribution in [-0.4, -0.2) is 45.6 Å². The molecule has 0 fully saturated rings. The third kappa shape index (κ3) is 9.20. The molecule has 1 rings (SSSR count). The van der Waals surface area contributed by atoms with Crippen LogP contribution in [0.2, 0.25) is 0 Å². The first kappa shape index (κ1) is 19.4. The fraction of sp³-hybridized carbons (Fsp3) is 0.562. The first-order chi connectivity index (χ1) is 10.8. The number of nitrogens with one attached hydrogen (secondary N) is 2. The molecular formula is C16H27N3O3S. The van der Waals surface area contributed by atoms with Crippen molar-refractivity contribution in [2.75, 3.05) is 36.4 Å². The lowest BCUT2D eigenvalue weighted by Crippen LogP contribution is -2.30. The number of hydrogen-bond acceptors (Lipinski definition) is 4. The van der Waals surface area contributed by atoms with E-state index >= 15 is 0 Å². The summed E-state index contributed by atoms with van der Waals surface area (Å²) >= 11 is 0. The Bertz CT molecular complexity index is 585. The second-order valence-electron chi connectivity index (χ2n) is 5.80. The van der Waals surface area contributed by atoms with Gasteiger partial charge in [0.05, 0.1) is 12.8 Å². The number of amides is 1. The fourth-order valence-corrected chi connectivity index (χ4v) is 2.73. The van der Waals surface area contributed by atoms with Gasteiger partial charge in [-0.1, -0.05) is 26.2 Å². The Morgan fingerprint density at radius 3 is 2.26 bits per heavy atom. The number of unbranched alkanes of at least 4 members (excludes halogenated alkanes) is 3. The van der Waals surface area contributed by atoms with Crippen molar-refractivity contribution in [2.24, 2.45) is 0 Å². The third-order valence-electron chi connectivity index (χ3n) is 3.28. The van der Waals surface area contributed by atoms with Gasteiger partial charge in [-0.3, -0.25) is 14.4 Å². The minimum absolute atomic E-state index is 0.0770. The van der Waals surface area contributed by atoms with E-state index in [4.69, 9.17) is 0 Å². The van der Waals surface area contributed by atoms with Gasteiger partial charge in [-0.2, -0.15) is 0 Å². The summed E-state index contributed by atoms with van der Waals surface area (Å²) in [6.45, 7) is 3.42. The average molecular weight is 341 g/mol. The number of anilines is 2. The van der Waals surface area contributed by atoms with E-state index in [2.05, 4.69) is 17.0 Å². The van der Waals surface area contributed by atoms with Crippen molar-refractivity contribution in [3.63, 3.8) is 0 Å². The molecule has 0 atom stereocenters. The van der Waals surface area contributed by atoms with E-state index in [9.17, 15) is 13.2 Å². The molecule has 0 aromatic heterocycles. The number of carbonyl (C=O) groups excluding carboxylic acids is 1. The highest BCUT2D eigenvalue weighted by molar-refractivity contribution is 7.92. The van der Waals surface area contributed by atoms with Crippen LogP contribution in [0.5, 0.6) is 0 Å². The monoisotopic (exact) mass is 341 g/mol. The summed E-state index contributed by atoms with van der Waals surface area (Å²) in [5.41, 5.74) is 1.12. The molecule has 6 nitrogen and oxygen atoms in total. The Morgan fingerprint density at radius 2 is 1.70 bits per heavy atom. The van der Waals surface area contributed by atoms with Crippen molar-refractivity contribution in [2.45, 2.75) is 32.6 Å². The molecule has 0 aliphatic heterocycles. The Balaban J connectivity index is 2.39. The summed E-state index contributed by atoms with van der Waals surface area (Å²) in [4.78, 5) is 14.0. The van der Waals surface area contributed by atoms with Crippen LogP contribution in [0.1, 0.15) is 32.6 Å². The number of nitrogens with zero attached hydrogens (tertiary/aromatic N) is 1. The van der Waals surface area contributed by atoms with Gasteiger partial charge in [0.15, 0.2) is 0 Å².